The summed E-state index contributed by atoms with van der Waals surface area (Å²) in [5.74, 6) is -1.21. The fourth-order valence-corrected chi connectivity index (χ4v) is 1.67. The molecule has 112 valence electrons. The van der Waals surface area contributed by atoms with Crippen LogP contribution < -0.4 is 4.74 Å². The number of rotatable bonds is 7. The fourth-order valence-electron chi connectivity index (χ4n) is 1.67. The lowest BCUT2D eigenvalue weighted by Gasteiger charge is -2.14. The monoisotopic (exact) mass is 292 g/mol. The smallest absolute Gasteiger partial charge is 0.335 e. The molecule has 0 heterocycles. The van der Waals surface area contributed by atoms with E-state index in [0.717, 1.165) is 6.07 Å². The van der Waals surface area contributed by atoms with Gasteiger partial charge in [-0.05, 0) is 38.8 Å². The van der Waals surface area contributed by atoms with Crippen molar-refractivity contribution in [3.63, 3.8) is 0 Å². The van der Waals surface area contributed by atoms with Crippen molar-refractivity contribution < 1.29 is 19.6 Å². The highest BCUT2D eigenvalue weighted by molar-refractivity contribution is 5.88. The van der Waals surface area contributed by atoms with Gasteiger partial charge in [0.15, 0.2) is 5.75 Å². The summed E-state index contributed by atoms with van der Waals surface area (Å²) < 4.78 is 5.33. The Hall–Kier alpha value is -2.62. The van der Waals surface area contributed by atoms with E-state index in [1.54, 1.807) is 13.8 Å². The first kappa shape index (κ1) is 16.4. The lowest BCUT2D eigenvalue weighted by atomic mass is 9.90. The van der Waals surface area contributed by atoms with Gasteiger partial charge in [-0.25, -0.2) is 4.79 Å². The summed E-state index contributed by atoms with van der Waals surface area (Å²) in [6.07, 6.45) is 1.17. The molecule has 0 fully saturated rings. The van der Waals surface area contributed by atoms with Crippen molar-refractivity contribution in [2.24, 2.45) is 5.41 Å². The fraction of sp³-hybridized carbons (Fsp3) is 0.429. The van der Waals surface area contributed by atoms with Crippen molar-refractivity contribution >= 4 is 11.7 Å². The van der Waals surface area contributed by atoms with Gasteiger partial charge in [-0.15, -0.1) is 0 Å². The normalized spacial score (nSPS) is 10.7. The molecule has 0 atom stereocenters. The molecule has 0 aliphatic heterocycles. The third kappa shape index (κ3) is 4.76. The maximum absolute atomic E-state index is 10.9. The molecule has 0 spiro atoms. The van der Waals surface area contributed by atoms with Crippen LogP contribution in [0.15, 0.2) is 18.2 Å². The van der Waals surface area contributed by atoms with Crippen LogP contribution in [-0.4, -0.2) is 22.6 Å². The van der Waals surface area contributed by atoms with Gasteiger partial charge in [-0.3, -0.25) is 10.1 Å². The summed E-state index contributed by atoms with van der Waals surface area (Å²) in [5, 5.41) is 28.6. The number of hydrogen-bond acceptors (Lipinski definition) is 5. The highest BCUT2D eigenvalue weighted by Crippen LogP contribution is 2.29. The van der Waals surface area contributed by atoms with Gasteiger partial charge in [-0.2, -0.15) is 5.26 Å². The second-order valence-electron chi connectivity index (χ2n) is 5.19. The number of nitro groups is 1. The van der Waals surface area contributed by atoms with Crippen LogP contribution in [0.2, 0.25) is 0 Å². The Morgan fingerprint density at radius 1 is 1.52 bits per heavy atom. The van der Waals surface area contributed by atoms with E-state index in [2.05, 4.69) is 6.07 Å². The van der Waals surface area contributed by atoms with Crippen LogP contribution in [0.1, 0.15) is 37.0 Å². The molecule has 1 aromatic rings. The zero-order valence-electron chi connectivity index (χ0n) is 11.8. The van der Waals surface area contributed by atoms with Gasteiger partial charge in [0.25, 0.3) is 0 Å². The molecule has 1 aromatic carbocycles. The molecule has 0 saturated heterocycles. The first-order valence-corrected chi connectivity index (χ1v) is 6.32. The van der Waals surface area contributed by atoms with Crippen LogP contribution in [0.4, 0.5) is 5.69 Å². The van der Waals surface area contributed by atoms with Crippen LogP contribution >= 0.6 is 0 Å². The predicted molar refractivity (Wildman–Crippen MR) is 74.2 cm³/mol. The van der Waals surface area contributed by atoms with Gasteiger partial charge in [0.05, 0.1) is 28.6 Å². The summed E-state index contributed by atoms with van der Waals surface area (Å²) in [6, 6.07) is 5.66. The first-order valence-electron chi connectivity index (χ1n) is 6.32. The summed E-state index contributed by atoms with van der Waals surface area (Å²) in [4.78, 5) is 21.0. The molecule has 0 aromatic heterocycles. The van der Waals surface area contributed by atoms with Crippen molar-refractivity contribution in [3.05, 3.63) is 33.9 Å². The highest BCUT2D eigenvalue weighted by Gasteiger charge is 2.19. The average Bonchev–Trinajstić information content (AvgIpc) is 2.43. The number of nitrogens with zero attached hydrogens (tertiary/aromatic N) is 2. The predicted octanol–water partition coefficient (Wildman–Crippen LogP) is 3.00. The molecule has 0 saturated carbocycles. The maximum Gasteiger partial charge on any atom is 0.335 e. The number of hydrogen-bond donors (Lipinski definition) is 1. The number of aromatic carboxylic acids is 1. The highest BCUT2D eigenvalue weighted by atomic mass is 16.6. The molecule has 0 aliphatic rings. The van der Waals surface area contributed by atoms with E-state index in [1.807, 2.05) is 0 Å². The molecule has 1 rings (SSSR count). The molecule has 0 aliphatic carbocycles. The Labute approximate surface area is 121 Å². The summed E-state index contributed by atoms with van der Waals surface area (Å²) in [5.41, 5.74) is -1.02. The third-order valence-corrected chi connectivity index (χ3v) is 2.91. The number of carbonyl (C=O) groups is 1. The van der Waals surface area contributed by atoms with Crippen molar-refractivity contribution in [3.8, 4) is 11.8 Å². The molecule has 0 bridgehead atoms. The molecule has 7 heteroatoms. The van der Waals surface area contributed by atoms with Gasteiger partial charge in [-0.1, -0.05) is 0 Å². The number of benzene rings is 1. The van der Waals surface area contributed by atoms with Gasteiger partial charge >= 0.3 is 11.7 Å². The summed E-state index contributed by atoms with van der Waals surface area (Å²) >= 11 is 0. The standard InChI is InChI=1S/C14H16N2O5/c1-14(2,9-15)6-3-7-21-12-5-4-10(13(17)18)8-11(12)16(19)20/h4-5,8H,3,6-7H2,1-2H3,(H,17,18). The van der Waals surface area contributed by atoms with Gasteiger partial charge in [0.2, 0.25) is 0 Å². The zero-order valence-corrected chi connectivity index (χ0v) is 11.8. The number of nitriles is 1. The first-order chi connectivity index (χ1) is 9.76. The van der Waals surface area contributed by atoms with E-state index in [1.165, 1.54) is 12.1 Å². The molecular weight excluding hydrogens is 276 g/mol. The quantitative estimate of drug-likeness (QED) is 0.469. The largest absolute Gasteiger partial charge is 0.487 e. The Balaban J connectivity index is 2.73. The van der Waals surface area contributed by atoms with E-state index in [4.69, 9.17) is 15.1 Å². The molecule has 0 amide bonds. The summed E-state index contributed by atoms with van der Waals surface area (Å²) in [7, 11) is 0. The molecular formula is C14H16N2O5. The Morgan fingerprint density at radius 3 is 2.71 bits per heavy atom. The average molecular weight is 292 g/mol. The van der Waals surface area contributed by atoms with E-state index < -0.39 is 16.3 Å². The van der Waals surface area contributed by atoms with E-state index in [-0.39, 0.29) is 23.6 Å². The Kier molecular flexibility index (Phi) is 5.24. The molecule has 0 unspecified atom stereocenters. The number of ether oxygens (including phenoxy) is 1. The van der Waals surface area contributed by atoms with Crippen LogP contribution in [0.5, 0.6) is 5.75 Å². The van der Waals surface area contributed by atoms with Gasteiger partial charge in [0.1, 0.15) is 0 Å². The molecule has 7 nitrogen and oxygen atoms in total. The van der Waals surface area contributed by atoms with Crippen LogP contribution in [0, 0.1) is 26.9 Å². The Morgan fingerprint density at radius 2 is 2.19 bits per heavy atom. The van der Waals surface area contributed by atoms with Gasteiger partial charge < -0.3 is 9.84 Å². The lowest BCUT2D eigenvalue weighted by molar-refractivity contribution is -0.385. The van der Waals surface area contributed by atoms with E-state index in [0.29, 0.717) is 12.8 Å². The lowest BCUT2D eigenvalue weighted by Crippen LogP contribution is -2.10. The molecule has 0 radical (unpaired) electrons. The van der Waals surface area contributed by atoms with E-state index >= 15 is 0 Å². The molecule has 21 heavy (non-hydrogen) atoms. The minimum Gasteiger partial charge on any atom is -0.487 e. The van der Waals surface area contributed by atoms with Crippen molar-refractivity contribution in [1.29, 1.82) is 5.26 Å². The van der Waals surface area contributed by atoms with Crippen LogP contribution in [-0.2, 0) is 0 Å². The van der Waals surface area contributed by atoms with Crippen molar-refractivity contribution in [2.45, 2.75) is 26.7 Å². The van der Waals surface area contributed by atoms with E-state index in [9.17, 15) is 14.9 Å². The second kappa shape index (κ2) is 6.70. The second-order valence-corrected chi connectivity index (χ2v) is 5.19. The van der Waals surface area contributed by atoms with Crippen LogP contribution in [0.3, 0.4) is 0 Å². The van der Waals surface area contributed by atoms with Crippen LogP contribution in [0.25, 0.3) is 0 Å². The van der Waals surface area contributed by atoms with Crippen molar-refractivity contribution in [1.82, 2.24) is 0 Å². The molecule has 1 N–H and O–H groups in total. The SMILES string of the molecule is CC(C)(C#N)CCCOc1ccc(C(=O)O)cc1[N+](=O)[O-]. The minimum atomic E-state index is -1.24. The summed E-state index contributed by atoms with van der Waals surface area (Å²) in [6.45, 7) is 3.83. The zero-order chi connectivity index (χ0) is 16.0. The number of nitro benzene ring substituents is 1. The maximum atomic E-state index is 10.9. The minimum absolute atomic E-state index is 0.0276. The number of carboxylic acids is 1. The number of carboxylic acid groups (broad SMARTS) is 1. The topological polar surface area (TPSA) is 113 Å². The Bertz CT molecular complexity index is 590. The van der Waals surface area contributed by atoms with Gasteiger partial charge in [0, 0.05) is 6.07 Å². The third-order valence-electron chi connectivity index (χ3n) is 2.91. The van der Waals surface area contributed by atoms with Crippen molar-refractivity contribution in [2.75, 3.05) is 6.61 Å².